The molecule has 0 fully saturated rings. The number of rotatable bonds is 6. The van der Waals surface area contributed by atoms with Gasteiger partial charge in [-0.1, -0.05) is 40.5 Å². The molecule has 0 amide bonds. The molecule has 86 valence electrons. The van der Waals surface area contributed by atoms with E-state index in [1.54, 1.807) is 0 Å². The maximum Gasteiger partial charge on any atom is 0.194 e. The molecule has 0 radical (unpaired) electrons. The molecule has 0 saturated carbocycles. The zero-order chi connectivity index (χ0) is 11.3. The zero-order valence-corrected chi connectivity index (χ0v) is 10.4. The Morgan fingerprint density at radius 3 is 2.47 bits per heavy atom. The summed E-state index contributed by atoms with van der Waals surface area (Å²) in [6.45, 7) is 8.79. The monoisotopic (exact) mass is 209 g/mol. The fourth-order valence-corrected chi connectivity index (χ4v) is 1.54. The highest BCUT2D eigenvalue weighted by molar-refractivity contribution is 4.98. The average Bonchev–Trinajstić information content (AvgIpc) is 2.60. The Balaban J connectivity index is 2.26. The molecule has 0 aliphatic heterocycles. The van der Waals surface area contributed by atoms with Crippen LogP contribution >= 0.6 is 0 Å². The summed E-state index contributed by atoms with van der Waals surface area (Å²) < 4.78 is 5.64. The van der Waals surface area contributed by atoms with Gasteiger partial charge in [0.1, 0.15) is 5.76 Å². The van der Waals surface area contributed by atoms with Gasteiger partial charge in [-0.15, -0.1) is 0 Å². The molecule has 0 saturated heterocycles. The van der Waals surface area contributed by atoms with E-state index in [1.807, 2.05) is 6.20 Å². The number of aromatic nitrogens is 1. The van der Waals surface area contributed by atoms with Gasteiger partial charge in [-0.2, -0.15) is 0 Å². The van der Waals surface area contributed by atoms with E-state index in [0.29, 0.717) is 5.92 Å². The number of nitrogens with zero attached hydrogens (tertiary/aromatic N) is 1. The van der Waals surface area contributed by atoms with Gasteiger partial charge in [0, 0.05) is 12.3 Å². The number of aryl methyl sites for hydroxylation is 1. The van der Waals surface area contributed by atoms with Crippen LogP contribution in [-0.4, -0.2) is 4.98 Å². The Kier molecular flexibility index (Phi) is 4.86. The van der Waals surface area contributed by atoms with Crippen LogP contribution in [0.25, 0.3) is 0 Å². The van der Waals surface area contributed by atoms with Crippen LogP contribution in [-0.2, 0) is 6.42 Å². The summed E-state index contributed by atoms with van der Waals surface area (Å²) >= 11 is 0. The fourth-order valence-electron chi connectivity index (χ4n) is 1.54. The van der Waals surface area contributed by atoms with E-state index in [1.165, 1.54) is 19.3 Å². The molecule has 0 unspecified atom stereocenters. The van der Waals surface area contributed by atoms with Crippen LogP contribution in [0.15, 0.2) is 10.6 Å². The summed E-state index contributed by atoms with van der Waals surface area (Å²) in [4.78, 5) is 4.29. The summed E-state index contributed by atoms with van der Waals surface area (Å²) in [6, 6.07) is 0. The van der Waals surface area contributed by atoms with E-state index >= 15 is 0 Å². The molecule has 1 aromatic rings. The smallest absolute Gasteiger partial charge is 0.194 e. The summed E-state index contributed by atoms with van der Waals surface area (Å²) in [5, 5.41) is 0. The van der Waals surface area contributed by atoms with Gasteiger partial charge < -0.3 is 4.42 Å². The van der Waals surface area contributed by atoms with Gasteiger partial charge in [0.05, 0.1) is 6.20 Å². The van der Waals surface area contributed by atoms with Crippen LogP contribution < -0.4 is 0 Å². The van der Waals surface area contributed by atoms with Crippen molar-refractivity contribution >= 4 is 0 Å². The number of hydrogen-bond donors (Lipinski definition) is 0. The van der Waals surface area contributed by atoms with Gasteiger partial charge in [-0.25, -0.2) is 4.98 Å². The number of unbranched alkanes of at least 4 members (excludes halogenated alkanes) is 1. The third-order valence-corrected chi connectivity index (χ3v) is 2.56. The van der Waals surface area contributed by atoms with Crippen LogP contribution in [0.3, 0.4) is 0 Å². The molecule has 1 aromatic heterocycles. The molecule has 15 heavy (non-hydrogen) atoms. The summed E-state index contributed by atoms with van der Waals surface area (Å²) in [6.07, 6.45) is 6.62. The molecule has 2 heteroatoms. The second-order valence-electron chi connectivity index (χ2n) is 4.95. The topological polar surface area (TPSA) is 26.0 Å². The summed E-state index contributed by atoms with van der Waals surface area (Å²) in [5.74, 6) is 3.17. The van der Waals surface area contributed by atoms with Crippen LogP contribution in [0, 0.1) is 5.92 Å². The van der Waals surface area contributed by atoms with Crippen LogP contribution in [0.2, 0.25) is 0 Å². The largest absolute Gasteiger partial charge is 0.445 e. The minimum absolute atomic E-state index is 0.446. The predicted molar refractivity (Wildman–Crippen MR) is 63.0 cm³/mol. The highest BCUT2D eigenvalue weighted by atomic mass is 16.4. The molecule has 0 atom stereocenters. The number of hydrogen-bond acceptors (Lipinski definition) is 2. The second-order valence-corrected chi connectivity index (χ2v) is 4.95. The van der Waals surface area contributed by atoms with Crippen molar-refractivity contribution < 1.29 is 4.42 Å². The molecule has 0 aromatic carbocycles. The quantitative estimate of drug-likeness (QED) is 0.657. The van der Waals surface area contributed by atoms with Crippen molar-refractivity contribution in [2.24, 2.45) is 5.92 Å². The minimum atomic E-state index is 0.446. The lowest BCUT2D eigenvalue weighted by Gasteiger charge is -2.02. The van der Waals surface area contributed by atoms with E-state index in [4.69, 9.17) is 4.42 Å². The van der Waals surface area contributed by atoms with Crippen LogP contribution in [0.5, 0.6) is 0 Å². The highest BCUT2D eigenvalue weighted by Gasteiger charge is 2.06. The molecular weight excluding hydrogens is 186 g/mol. The van der Waals surface area contributed by atoms with Gasteiger partial charge in [0.2, 0.25) is 0 Å². The molecule has 2 nitrogen and oxygen atoms in total. The number of oxazole rings is 1. The van der Waals surface area contributed by atoms with E-state index in [2.05, 4.69) is 32.7 Å². The predicted octanol–water partition coefficient (Wildman–Crippen LogP) is 4.17. The lowest BCUT2D eigenvalue weighted by molar-refractivity contribution is 0.426. The standard InChI is InChI=1S/C13H23NO/c1-10(2)7-5-6-8-13-14-9-12(15-13)11(3)4/h9-11H,5-8H2,1-4H3. The molecule has 0 bridgehead atoms. The maximum atomic E-state index is 5.64. The van der Waals surface area contributed by atoms with Crippen molar-refractivity contribution in [3.8, 4) is 0 Å². The van der Waals surface area contributed by atoms with Crippen molar-refractivity contribution in [1.82, 2.24) is 4.98 Å². The first kappa shape index (κ1) is 12.3. The van der Waals surface area contributed by atoms with Gasteiger partial charge in [0.15, 0.2) is 5.89 Å². The van der Waals surface area contributed by atoms with Gasteiger partial charge in [-0.05, 0) is 12.3 Å². The molecule has 0 N–H and O–H groups in total. The van der Waals surface area contributed by atoms with Crippen molar-refractivity contribution in [1.29, 1.82) is 0 Å². The molecule has 0 aliphatic carbocycles. The van der Waals surface area contributed by atoms with Crippen LogP contribution in [0.1, 0.15) is 64.5 Å². The van der Waals surface area contributed by atoms with E-state index in [9.17, 15) is 0 Å². The Morgan fingerprint density at radius 1 is 1.20 bits per heavy atom. The lowest BCUT2D eigenvalue weighted by atomic mass is 10.1. The first-order valence-electron chi connectivity index (χ1n) is 6.04. The summed E-state index contributed by atoms with van der Waals surface area (Å²) in [5.41, 5.74) is 0. The van der Waals surface area contributed by atoms with Gasteiger partial charge >= 0.3 is 0 Å². The van der Waals surface area contributed by atoms with Crippen molar-refractivity contribution in [3.63, 3.8) is 0 Å². The minimum Gasteiger partial charge on any atom is -0.445 e. The highest BCUT2D eigenvalue weighted by Crippen LogP contribution is 2.16. The van der Waals surface area contributed by atoms with Crippen molar-refractivity contribution in [2.75, 3.05) is 0 Å². The Labute approximate surface area is 93.1 Å². The first-order valence-corrected chi connectivity index (χ1v) is 6.04. The normalized spacial score (nSPS) is 11.6. The SMILES string of the molecule is CC(C)CCCCc1ncc(C(C)C)o1. The molecule has 0 spiro atoms. The third-order valence-electron chi connectivity index (χ3n) is 2.56. The van der Waals surface area contributed by atoms with Crippen molar-refractivity contribution in [2.45, 2.75) is 59.3 Å². The molecule has 0 aliphatic rings. The first-order chi connectivity index (χ1) is 7.09. The third kappa shape index (κ3) is 4.50. The summed E-state index contributed by atoms with van der Waals surface area (Å²) in [7, 11) is 0. The fraction of sp³-hybridized carbons (Fsp3) is 0.769. The molecule has 1 rings (SSSR count). The Morgan fingerprint density at radius 2 is 1.93 bits per heavy atom. The van der Waals surface area contributed by atoms with E-state index < -0.39 is 0 Å². The molecular formula is C13H23NO. The van der Waals surface area contributed by atoms with Crippen molar-refractivity contribution in [3.05, 3.63) is 17.8 Å². The zero-order valence-electron chi connectivity index (χ0n) is 10.4. The lowest BCUT2D eigenvalue weighted by Crippen LogP contribution is -1.90. The second kappa shape index (κ2) is 5.94. The van der Waals surface area contributed by atoms with E-state index in [0.717, 1.165) is 24.0 Å². The van der Waals surface area contributed by atoms with Gasteiger partial charge in [0.25, 0.3) is 0 Å². The Hall–Kier alpha value is -0.790. The van der Waals surface area contributed by atoms with E-state index in [-0.39, 0.29) is 0 Å². The average molecular weight is 209 g/mol. The van der Waals surface area contributed by atoms with Crippen LogP contribution in [0.4, 0.5) is 0 Å². The van der Waals surface area contributed by atoms with Gasteiger partial charge in [-0.3, -0.25) is 0 Å². The Bertz CT molecular complexity index is 276. The molecule has 1 heterocycles. The maximum absolute atomic E-state index is 5.64.